The van der Waals surface area contributed by atoms with Crippen molar-refractivity contribution in [3.63, 3.8) is 0 Å². The second-order valence-electron chi connectivity index (χ2n) is 14.5. The second kappa shape index (κ2) is 15.5. The molecule has 276 valence electrons. The van der Waals surface area contributed by atoms with Crippen molar-refractivity contribution in [1.82, 2.24) is 0 Å². The van der Waals surface area contributed by atoms with Crippen molar-refractivity contribution in [3.8, 4) is 0 Å². The van der Waals surface area contributed by atoms with E-state index >= 15 is 0 Å². The van der Waals surface area contributed by atoms with Crippen LogP contribution in [0.15, 0.2) is 243 Å². The first-order valence-corrected chi connectivity index (χ1v) is 22.6. The van der Waals surface area contributed by atoms with Gasteiger partial charge in [0.05, 0.1) is 0 Å². The van der Waals surface area contributed by atoms with Gasteiger partial charge in [0.1, 0.15) is 0 Å². The number of thiophene rings is 1. The minimum absolute atomic E-state index is 1.12. The summed E-state index contributed by atoms with van der Waals surface area (Å²) in [5, 5.41) is 7.91. The van der Waals surface area contributed by atoms with Crippen LogP contribution in [-0.4, -0.2) is 8.07 Å². The number of hydrogen-bond donors (Lipinski definition) is 0. The van der Waals surface area contributed by atoms with Crippen LogP contribution in [0.1, 0.15) is 0 Å². The Hall–Kier alpha value is -6.98. The van der Waals surface area contributed by atoms with Gasteiger partial charge in [0.15, 0.2) is 8.07 Å². The smallest absolute Gasteiger partial charge is 0.179 e. The number of benzene rings is 9. The third-order valence-electron chi connectivity index (χ3n) is 11.2. The number of para-hydroxylation sites is 3. The molecule has 1 aromatic heterocycles. The van der Waals surface area contributed by atoms with Crippen LogP contribution < -0.4 is 30.5 Å². The van der Waals surface area contributed by atoms with E-state index < -0.39 is 8.07 Å². The average molecular weight is 777 g/mol. The van der Waals surface area contributed by atoms with Gasteiger partial charge in [0.2, 0.25) is 0 Å². The number of hydrogen-bond acceptors (Lipinski definition) is 3. The van der Waals surface area contributed by atoms with Gasteiger partial charge in [-0.05, 0) is 106 Å². The lowest BCUT2D eigenvalue weighted by Gasteiger charge is -2.36. The quantitative estimate of drug-likeness (QED) is 0.101. The second-order valence-corrected chi connectivity index (χ2v) is 19.4. The van der Waals surface area contributed by atoms with Gasteiger partial charge in [-0.1, -0.05) is 158 Å². The molecule has 0 saturated heterocycles. The normalized spacial score (nSPS) is 11.4. The minimum Gasteiger partial charge on any atom is -0.311 e. The first kappa shape index (κ1) is 35.4. The van der Waals surface area contributed by atoms with Crippen LogP contribution >= 0.6 is 11.3 Å². The van der Waals surface area contributed by atoms with Crippen molar-refractivity contribution < 1.29 is 0 Å². The molecule has 0 atom stereocenters. The van der Waals surface area contributed by atoms with E-state index in [2.05, 4.69) is 252 Å². The van der Waals surface area contributed by atoms with Gasteiger partial charge < -0.3 is 9.80 Å². The fourth-order valence-electron chi connectivity index (χ4n) is 8.59. The molecule has 0 amide bonds. The van der Waals surface area contributed by atoms with E-state index in [4.69, 9.17) is 0 Å². The zero-order valence-electron chi connectivity index (χ0n) is 31.9. The largest absolute Gasteiger partial charge is 0.311 e. The van der Waals surface area contributed by atoms with Crippen LogP contribution in [0.5, 0.6) is 0 Å². The molecule has 0 spiro atoms. The van der Waals surface area contributed by atoms with Gasteiger partial charge in [-0.15, -0.1) is 11.3 Å². The molecular formula is C54H40N2SSi. The molecule has 1 heterocycles. The molecule has 0 aliphatic carbocycles. The monoisotopic (exact) mass is 776 g/mol. The van der Waals surface area contributed by atoms with E-state index in [1.54, 1.807) is 0 Å². The molecule has 4 heteroatoms. The van der Waals surface area contributed by atoms with Crippen molar-refractivity contribution >= 4 is 94.5 Å². The van der Waals surface area contributed by atoms with Crippen molar-refractivity contribution in [2.45, 2.75) is 0 Å². The summed E-state index contributed by atoms with van der Waals surface area (Å²) in [6, 6.07) is 88.9. The lowest BCUT2D eigenvalue weighted by atomic mass is 10.1. The van der Waals surface area contributed by atoms with Gasteiger partial charge in [0, 0.05) is 54.3 Å². The molecule has 10 rings (SSSR count). The summed E-state index contributed by atoms with van der Waals surface area (Å²) in [6.45, 7) is 0. The summed E-state index contributed by atoms with van der Waals surface area (Å²) in [7, 11) is -2.91. The molecule has 2 nitrogen and oxygen atoms in total. The highest BCUT2D eigenvalue weighted by Crippen LogP contribution is 2.40. The van der Waals surface area contributed by atoms with E-state index in [0.29, 0.717) is 0 Å². The number of fused-ring (bicyclic) bond motifs is 3. The van der Waals surface area contributed by atoms with Crippen LogP contribution in [-0.2, 0) is 0 Å². The van der Waals surface area contributed by atoms with Gasteiger partial charge >= 0.3 is 0 Å². The third kappa shape index (κ3) is 6.39. The molecule has 58 heavy (non-hydrogen) atoms. The molecule has 0 radical (unpaired) electrons. The van der Waals surface area contributed by atoms with Crippen LogP contribution in [0, 0.1) is 0 Å². The van der Waals surface area contributed by atoms with Crippen LogP contribution in [0.4, 0.5) is 34.1 Å². The molecule has 0 unspecified atom stereocenters. The summed E-state index contributed by atoms with van der Waals surface area (Å²) in [6.07, 6.45) is 0. The molecule has 0 aliphatic heterocycles. The van der Waals surface area contributed by atoms with Gasteiger partial charge in [-0.3, -0.25) is 0 Å². The van der Waals surface area contributed by atoms with E-state index in [1.165, 1.54) is 40.9 Å². The molecule has 0 fully saturated rings. The first-order chi connectivity index (χ1) is 28.8. The molecule has 0 aliphatic rings. The first-order valence-electron chi connectivity index (χ1n) is 19.8. The van der Waals surface area contributed by atoms with E-state index in [-0.39, 0.29) is 0 Å². The SMILES string of the molecule is c1ccc(N(c2ccccc2)c2ccc([Si](c3ccccc3)(c3ccccc3)c3cccc(N(c4ccccc4)c4ccc5sc6ccccc6c5c4)c3)cc2)cc1. The van der Waals surface area contributed by atoms with E-state index in [0.717, 1.165) is 34.1 Å². The molecule has 0 N–H and O–H groups in total. The predicted octanol–water partition coefficient (Wildman–Crippen LogP) is 12.4. The number of anilines is 6. The maximum atomic E-state index is 2.46. The Labute approximate surface area is 345 Å². The zero-order valence-corrected chi connectivity index (χ0v) is 33.7. The molecular weight excluding hydrogens is 737 g/mol. The standard InChI is InChI=1S/C54H40N2SSi/c1-6-19-41(20-7-1)55(42-21-8-2-9-22-42)44-33-36-49(37-34-44)58(47-26-12-4-13-27-47,48-28-14-5-15-29-48)50-30-18-25-45(39-50)56(43-23-10-3-11-24-43)46-35-38-54-52(40-46)51-31-16-17-32-53(51)57-54/h1-40H. The topological polar surface area (TPSA) is 6.48 Å². The summed E-state index contributed by atoms with van der Waals surface area (Å²) in [4.78, 5) is 4.76. The minimum atomic E-state index is -2.91. The molecule has 10 aromatic rings. The highest BCUT2D eigenvalue weighted by molar-refractivity contribution is 7.25. The number of nitrogens with zero attached hydrogens (tertiary/aromatic N) is 2. The van der Waals surface area contributed by atoms with Crippen molar-refractivity contribution in [2.24, 2.45) is 0 Å². The predicted molar refractivity (Wildman–Crippen MR) is 252 cm³/mol. The molecule has 0 saturated carbocycles. The van der Waals surface area contributed by atoms with Crippen LogP contribution in [0.3, 0.4) is 0 Å². The Morgan fingerprint density at radius 1 is 0.259 bits per heavy atom. The van der Waals surface area contributed by atoms with Crippen molar-refractivity contribution in [2.75, 3.05) is 9.80 Å². The lowest BCUT2D eigenvalue weighted by molar-refractivity contribution is 1.28. The third-order valence-corrected chi connectivity index (χ3v) is 17.1. The summed E-state index contributed by atoms with van der Waals surface area (Å²) in [5.41, 5.74) is 6.75. The summed E-state index contributed by atoms with van der Waals surface area (Å²) >= 11 is 1.86. The van der Waals surface area contributed by atoms with Crippen LogP contribution in [0.25, 0.3) is 20.2 Å². The Kier molecular flexibility index (Phi) is 9.48. The van der Waals surface area contributed by atoms with Crippen molar-refractivity contribution in [1.29, 1.82) is 0 Å². The van der Waals surface area contributed by atoms with E-state index in [1.807, 2.05) is 11.3 Å². The lowest BCUT2D eigenvalue weighted by Crippen LogP contribution is -2.74. The maximum Gasteiger partial charge on any atom is 0.179 e. The van der Waals surface area contributed by atoms with E-state index in [9.17, 15) is 0 Å². The fourth-order valence-corrected chi connectivity index (χ4v) is 14.4. The summed E-state index contributed by atoms with van der Waals surface area (Å²) in [5.74, 6) is 0. The fraction of sp³-hybridized carbons (Fsp3) is 0. The molecule has 9 aromatic carbocycles. The van der Waals surface area contributed by atoms with Gasteiger partial charge in [0.25, 0.3) is 0 Å². The molecule has 0 bridgehead atoms. The Morgan fingerprint density at radius 2 is 0.638 bits per heavy atom. The zero-order chi connectivity index (χ0) is 38.7. The van der Waals surface area contributed by atoms with Gasteiger partial charge in [-0.2, -0.15) is 0 Å². The Balaban J connectivity index is 1.18. The highest BCUT2D eigenvalue weighted by atomic mass is 32.1. The van der Waals surface area contributed by atoms with Gasteiger partial charge in [-0.25, -0.2) is 0 Å². The maximum absolute atomic E-state index is 2.91. The van der Waals surface area contributed by atoms with Crippen LogP contribution in [0.2, 0.25) is 0 Å². The Bertz CT molecular complexity index is 2860. The van der Waals surface area contributed by atoms with Crippen molar-refractivity contribution in [3.05, 3.63) is 243 Å². The number of rotatable bonds is 10. The Morgan fingerprint density at radius 3 is 1.21 bits per heavy atom. The average Bonchev–Trinajstić information content (AvgIpc) is 3.68. The highest BCUT2D eigenvalue weighted by Gasteiger charge is 2.42. The summed E-state index contributed by atoms with van der Waals surface area (Å²) < 4.78 is 2.61.